The van der Waals surface area contributed by atoms with E-state index in [4.69, 9.17) is 18.9 Å². The van der Waals surface area contributed by atoms with Crippen molar-refractivity contribution in [3.63, 3.8) is 0 Å². The fraction of sp³-hybridized carbons (Fsp3) is 0.541. The zero-order chi connectivity index (χ0) is 39.2. The molecule has 1 aromatic carbocycles. The number of aliphatic imine (C=N–C) groups is 1. The first-order chi connectivity index (χ1) is 24.0. The molecule has 5 amide bonds. The van der Waals surface area contributed by atoms with Gasteiger partial charge < -0.3 is 29.2 Å². The van der Waals surface area contributed by atoms with Crippen LogP contribution in [-0.4, -0.2) is 87.7 Å². The Labute approximate surface area is 308 Å². The highest BCUT2D eigenvalue weighted by molar-refractivity contribution is 7.12. The molecular weight excluding hydrogens is 692 g/mol. The number of benzene rings is 1. The van der Waals surface area contributed by atoms with Gasteiger partial charge in [-0.1, -0.05) is 12.1 Å². The van der Waals surface area contributed by atoms with Crippen LogP contribution < -0.4 is 5.32 Å². The van der Waals surface area contributed by atoms with E-state index in [0.29, 0.717) is 31.0 Å². The molecule has 1 atom stereocenters. The lowest BCUT2D eigenvalue weighted by molar-refractivity contribution is -0.142. The first-order valence-electron chi connectivity index (χ1n) is 17.0. The summed E-state index contributed by atoms with van der Waals surface area (Å²) in [5, 5.41) is 2.73. The lowest BCUT2D eigenvalue weighted by Gasteiger charge is -2.29. The van der Waals surface area contributed by atoms with Crippen molar-refractivity contribution in [2.24, 2.45) is 4.99 Å². The van der Waals surface area contributed by atoms with Gasteiger partial charge in [0.1, 0.15) is 22.8 Å². The van der Waals surface area contributed by atoms with Gasteiger partial charge in [0.15, 0.2) is 5.84 Å². The normalized spacial score (nSPS) is 14.1. The van der Waals surface area contributed by atoms with Crippen molar-refractivity contribution in [1.29, 1.82) is 0 Å². The molecule has 1 aromatic heterocycles. The van der Waals surface area contributed by atoms with Gasteiger partial charge >= 0.3 is 24.2 Å². The molecule has 0 aliphatic carbocycles. The summed E-state index contributed by atoms with van der Waals surface area (Å²) in [4.78, 5) is 86.6. The summed E-state index contributed by atoms with van der Waals surface area (Å²) < 4.78 is 21.4. The number of carbonyl (C=O) groups excluding carboxylic acids is 6. The van der Waals surface area contributed by atoms with Crippen molar-refractivity contribution in [3.05, 3.63) is 56.8 Å². The SMILES string of the molecule is CCOC(=O)Cc1cc2c(s1)CCN(C(=O)[C@H](C)NC(=O)c1ccc(/C(=N\C(=O)OC(C)(C)C)N(C(=O)OC(C)(C)C)C(=O)OC(C)(C)C)cc1)C2. The highest BCUT2D eigenvalue weighted by atomic mass is 32.1. The summed E-state index contributed by atoms with van der Waals surface area (Å²) in [5.74, 6) is -1.57. The van der Waals surface area contributed by atoms with Gasteiger partial charge in [0.2, 0.25) is 5.91 Å². The van der Waals surface area contributed by atoms with Crippen LogP contribution in [0.1, 0.15) is 107 Å². The van der Waals surface area contributed by atoms with Crippen molar-refractivity contribution in [1.82, 2.24) is 15.1 Å². The number of thiophene rings is 1. The number of nitrogens with one attached hydrogen (secondary N) is 1. The molecule has 0 fully saturated rings. The van der Waals surface area contributed by atoms with Gasteiger partial charge in [0, 0.05) is 34.0 Å². The summed E-state index contributed by atoms with van der Waals surface area (Å²) in [6, 6.07) is 6.64. The molecule has 3 rings (SSSR count). The molecule has 2 aromatic rings. The average molecular weight is 743 g/mol. The summed E-state index contributed by atoms with van der Waals surface area (Å²) >= 11 is 1.54. The number of fused-ring (bicyclic) bond motifs is 1. The minimum Gasteiger partial charge on any atom is -0.466 e. The molecule has 15 heteroatoms. The van der Waals surface area contributed by atoms with Crippen molar-refractivity contribution in [2.45, 2.75) is 118 Å². The Kier molecular flexibility index (Phi) is 13.4. The van der Waals surface area contributed by atoms with E-state index in [9.17, 15) is 28.8 Å². The molecule has 0 spiro atoms. The van der Waals surface area contributed by atoms with Crippen LogP contribution >= 0.6 is 11.3 Å². The van der Waals surface area contributed by atoms with Gasteiger partial charge in [-0.05, 0) is 106 Å². The maximum atomic E-state index is 13.4. The van der Waals surface area contributed by atoms with E-state index in [1.807, 2.05) is 6.07 Å². The van der Waals surface area contributed by atoms with Gasteiger partial charge in [-0.2, -0.15) is 9.89 Å². The van der Waals surface area contributed by atoms with Crippen molar-refractivity contribution in [2.75, 3.05) is 13.2 Å². The third-order valence-corrected chi connectivity index (χ3v) is 8.17. The molecule has 52 heavy (non-hydrogen) atoms. The van der Waals surface area contributed by atoms with Crippen LogP contribution in [0, 0.1) is 0 Å². The minimum absolute atomic E-state index is 0.0884. The number of imide groups is 1. The Balaban J connectivity index is 1.84. The van der Waals surface area contributed by atoms with E-state index in [0.717, 1.165) is 15.3 Å². The number of amides is 5. The second-order valence-electron chi connectivity index (χ2n) is 15.1. The van der Waals surface area contributed by atoms with Crippen LogP contribution in [0.25, 0.3) is 0 Å². The molecule has 1 N–H and O–H groups in total. The molecule has 284 valence electrons. The number of hydrogen-bond donors (Lipinski definition) is 1. The number of carbonyl (C=O) groups is 6. The molecule has 0 bridgehead atoms. The minimum atomic E-state index is -1.15. The van der Waals surface area contributed by atoms with Crippen molar-refractivity contribution in [3.8, 4) is 0 Å². The lowest BCUT2D eigenvalue weighted by atomic mass is 10.1. The van der Waals surface area contributed by atoms with Gasteiger partial charge in [-0.25, -0.2) is 14.4 Å². The van der Waals surface area contributed by atoms with Crippen LogP contribution in [0.15, 0.2) is 35.3 Å². The molecule has 14 nitrogen and oxygen atoms in total. The third kappa shape index (κ3) is 12.5. The van der Waals surface area contributed by atoms with Gasteiger partial charge in [0.25, 0.3) is 5.91 Å². The molecular formula is C37H50N4O10S. The van der Waals surface area contributed by atoms with Crippen LogP contribution in [0.2, 0.25) is 0 Å². The standard InChI is InChI=1S/C37H50N4O10S/c1-12-48-28(42)20-26-19-25-21-40(18-17-27(25)52-26)31(44)22(2)38-30(43)24-15-13-23(14-16-24)29(39-32(45)49-35(3,4)5)41(33(46)50-36(6,7)8)34(47)51-37(9,10)11/h13-16,19,22H,12,17-18,20-21H2,1-11H3,(H,38,43)/b39-29+/t22-/m0/s1. The molecule has 0 radical (unpaired) electrons. The first-order valence-corrected chi connectivity index (χ1v) is 17.8. The number of esters is 1. The Morgan fingerprint density at radius 1 is 0.865 bits per heavy atom. The summed E-state index contributed by atoms with van der Waals surface area (Å²) in [6.45, 7) is 19.0. The van der Waals surface area contributed by atoms with E-state index in [1.54, 1.807) is 92.4 Å². The predicted molar refractivity (Wildman–Crippen MR) is 194 cm³/mol. The number of ether oxygens (including phenoxy) is 4. The molecule has 0 unspecified atom stereocenters. The quantitative estimate of drug-likeness (QED) is 0.145. The Hall–Kier alpha value is -4.79. The molecule has 0 saturated heterocycles. The summed E-state index contributed by atoms with van der Waals surface area (Å²) in [7, 11) is 0. The highest BCUT2D eigenvalue weighted by Gasteiger charge is 2.37. The van der Waals surface area contributed by atoms with Gasteiger partial charge in [-0.15, -0.1) is 11.3 Å². The Bertz CT molecular complexity index is 1670. The van der Waals surface area contributed by atoms with E-state index in [1.165, 1.54) is 24.3 Å². The van der Waals surface area contributed by atoms with E-state index in [2.05, 4.69) is 10.3 Å². The molecule has 1 aliphatic rings. The second-order valence-corrected chi connectivity index (χ2v) is 16.4. The van der Waals surface area contributed by atoms with Crippen LogP contribution in [-0.2, 0) is 47.9 Å². The topological polar surface area (TPSA) is 170 Å². The lowest BCUT2D eigenvalue weighted by Crippen LogP contribution is -2.48. The monoisotopic (exact) mass is 742 g/mol. The zero-order valence-corrected chi connectivity index (χ0v) is 32.6. The number of amidine groups is 1. The predicted octanol–water partition coefficient (Wildman–Crippen LogP) is 6.41. The molecule has 2 heterocycles. The maximum absolute atomic E-state index is 13.4. The summed E-state index contributed by atoms with van der Waals surface area (Å²) in [5.41, 5.74) is -1.80. The van der Waals surface area contributed by atoms with Crippen LogP contribution in [0.4, 0.5) is 14.4 Å². The molecule has 1 aliphatic heterocycles. The fourth-order valence-electron chi connectivity index (χ4n) is 4.89. The van der Waals surface area contributed by atoms with E-state index < -0.39 is 52.9 Å². The van der Waals surface area contributed by atoms with E-state index >= 15 is 0 Å². The van der Waals surface area contributed by atoms with Gasteiger partial charge in [-0.3, -0.25) is 14.4 Å². The molecule has 0 saturated carbocycles. The van der Waals surface area contributed by atoms with Crippen LogP contribution in [0.5, 0.6) is 0 Å². The average Bonchev–Trinajstić information content (AvgIpc) is 3.39. The Morgan fingerprint density at radius 2 is 1.40 bits per heavy atom. The second kappa shape index (κ2) is 16.7. The van der Waals surface area contributed by atoms with Crippen LogP contribution in [0.3, 0.4) is 0 Å². The number of rotatable bonds is 7. The third-order valence-electron chi connectivity index (χ3n) is 6.93. The Morgan fingerprint density at radius 3 is 1.92 bits per heavy atom. The van der Waals surface area contributed by atoms with Gasteiger partial charge in [0.05, 0.1) is 13.0 Å². The zero-order valence-electron chi connectivity index (χ0n) is 31.8. The largest absolute Gasteiger partial charge is 0.466 e. The first kappa shape index (κ1) is 41.6. The van der Waals surface area contributed by atoms with Crippen molar-refractivity contribution >= 4 is 53.2 Å². The fourth-order valence-corrected chi connectivity index (χ4v) is 6.04. The number of hydrogen-bond acceptors (Lipinski definition) is 11. The maximum Gasteiger partial charge on any atom is 0.436 e. The highest BCUT2D eigenvalue weighted by Crippen LogP contribution is 2.29. The number of nitrogens with zero attached hydrogens (tertiary/aromatic N) is 3. The van der Waals surface area contributed by atoms with Crippen molar-refractivity contribution < 1.29 is 47.7 Å². The van der Waals surface area contributed by atoms with E-state index in [-0.39, 0.29) is 29.4 Å². The summed E-state index contributed by atoms with van der Waals surface area (Å²) in [6.07, 6.45) is -2.58. The smallest absolute Gasteiger partial charge is 0.436 e.